The Morgan fingerprint density at radius 1 is 1.23 bits per heavy atom. The normalized spacial score (nSPS) is 21.6. The summed E-state index contributed by atoms with van der Waals surface area (Å²) < 4.78 is 62.5. The fourth-order valence-corrected chi connectivity index (χ4v) is 6.76. The molecular weight excluding hydrogens is 540 g/mol. The van der Waals surface area contributed by atoms with Gasteiger partial charge < -0.3 is 20.1 Å². The van der Waals surface area contributed by atoms with Crippen LogP contribution >= 0.6 is 0 Å². The molecule has 2 aromatic rings. The van der Waals surface area contributed by atoms with Crippen LogP contribution in [0.4, 0.5) is 19.3 Å². The third-order valence-corrected chi connectivity index (χ3v) is 9.43. The molecule has 0 unspecified atom stereocenters. The lowest BCUT2D eigenvalue weighted by Gasteiger charge is -2.37. The first-order chi connectivity index (χ1) is 19.0. The van der Waals surface area contributed by atoms with Gasteiger partial charge in [-0.15, -0.1) is 0 Å². The molecule has 2 aliphatic rings. The van der Waals surface area contributed by atoms with E-state index < -0.39 is 45.8 Å². The second kappa shape index (κ2) is 12.5. The molecule has 1 heterocycles. The Labute approximate surface area is 234 Å². The molecule has 8 nitrogen and oxygen atoms in total. The topological polar surface area (TPSA) is 99.2 Å². The molecule has 216 valence electrons. The quantitative estimate of drug-likeness (QED) is 0.514. The Balaban J connectivity index is 1.64. The average Bonchev–Trinajstić information content (AvgIpc) is 3.44. The van der Waals surface area contributed by atoms with Crippen LogP contribution in [0, 0.1) is 35.3 Å². The zero-order valence-corrected chi connectivity index (χ0v) is 23.7. The summed E-state index contributed by atoms with van der Waals surface area (Å²) in [6.07, 6.45) is 3.72. The second-order valence-corrected chi connectivity index (χ2v) is 12.4. The number of fused-ring (bicyclic) bond motifs is 1. The number of ether oxygens (including phenoxy) is 1. The molecule has 0 radical (unpaired) electrons. The highest BCUT2D eigenvalue weighted by Crippen LogP contribution is 2.34. The Bertz CT molecular complexity index is 1400. The van der Waals surface area contributed by atoms with E-state index in [0.29, 0.717) is 11.5 Å². The molecule has 0 bridgehead atoms. The summed E-state index contributed by atoms with van der Waals surface area (Å²) in [5, 5.41) is 12.2. The number of halogens is 2. The number of nitrogens with one attached hydrogen (secondary N) is 1. The van der Waals surface area contributed by atoms with Crippen LogP contribution in [0.2, 0.25) is 0 Å². The third-order valence-electron chi connectivity index (χ3n) is 7.41. The number of aliphatic hydroxyl groups excluding tert-OH is 1. The molecule has 2 aromatic carbocycles. The zero-order valence-electron chi connectivity index (χ0n) is 22.9. The van der Waals surface area contributed by atoms with Crippen molar-refractivity contribution in [2.75, 3.05) is 32.1 Å². The third kappa shape index (κ3) is 6.74. The van der Waals surface area contributed by atoms with Crippen molar-refractivity contribution in [2.24, 2.45) is 11.8 Å². The SMILES string of the molecule is C[C@@H]1CN([C@H](C)CO)S(=O)(=O)c2ccc(C#CC3CCCC3)cc2O[C@H]1CN(C)C(=O)Nc1cc(F)ccc1F. The van der Waals surface area contributed by atoms with Crippen LogP contribution in [-0.2, 0) is 10.0 Å². The highest BCUT2D eigenvalue weighted by molar-refractivity contribution is 7.89. The largest absolute Gasteiger partial charge is 0.487 e. The van der Waals surface area contributed by atoms with Crippen molar-refractivity contribution in [3.05, 3.63) is 53.6 Å². The lowest BCUT2D eigenvalue weighted by molar-refractivity contribution is 0.0830. The summed E-state index contributed by atoms with van der Waals surface area (Å²) in [5.41, 5.74) is 0.315. The molecule has 4 rings (SSSR count). The van der Waals surface area contributed by atoms with E-state index in [-0.39, 0.29) is 36.0 Å². The number of hydrogen-bond donors (Lipinski definition) is 2. The Morgan fingerprint density at radius 2 is 1.95 bits per heavy atom. The summed E-state index contributed by atoms with van der Waals surface area (Å²) in [5.74, 6) is 4.96. The number of aliphatic hydroxyl groups is 1. The van der Waals surface area contributed by atoms with E-state index in [2.05, 4.69) is 17.2 Å². The molecule has 1 aliphatic carbocycles. The predicted octanol–water partition coefficient (Wildman–Crippen LogP) is 4.44. The number of amides is 2. The number of rotatable bonds is 5. The number of hydrogen-bond acceptors (Lipinski definition) is 5. The minimum atomic E-state index is -4.02. The van der Waals surface area contributed by atoms with Gasteiger partial charge in [0.05, 0.1) is 18.8 Å². The smallest absolute Gasteiger partial charge is 0.321 e. The number of likely N-dealkylation sites (N-methyl/N-ethyl adjacent to an activating group) is 1. The van der Waals surface area contributed by atoms with E-state index in [4.69, 9.17) is 4.74 Å². The fraction of sp³-hybridized carbons (Fsp3) is 0.483. The first-order valence-electron chi connectivity index (χ1n) is 13.4. The highest BCUT2D eigenvalue weighted by atomic mass is 32.2. The number of carbonyl (C=O) groups excluding carboxylic acids is 1. The number of sulfonamides is 1. The lowest BCUT2D eigenvalue weighted by Crippen LogP contribution is -2.50. The van der Waals surface area contributed by atoms with Crippen molar-refractivity contribution < 1.29 is 31.8 Å². The first kappa shape index (κ1) is 29.8. The maximum Gasteiger partial charge on any atom is 0.321 e. The summed E-state index contributed by atoms with van der Waals surface area (Å²) in [7, 11) is -2.54. The van der Waals surface area contributed by atoms with Gasteiger partial charge in [-0.25, -0.2) is 22.0 Å². The van der Waals surface area contributed by atoms with E-state index in [1.807, 2.05) is 0 Å². The molecule has 2 N–H and O–H groups in total. The van der Waals surface area contributed by atoms with Crippen LogP contribution in [-0.4, -0.2) is 67.7 Å². The van der Waals surface area contributed by atoms with Crippen molar-refractivity contribution >= 4 is 21.7 Å². The summed E-state index contributed by atoms with van der Waals surface area (Å²) in [6, 6.07) is 6.10. The Morgan fingerprint density at radius 3 is 2.65 bits per heavy atom. The molecule has 3 atom stereocenters. The number of carbonyl (C=O) groups is 1. The van der Waals surface area contributed by atoms with Gasteiger partial charge in [0.15, 0.2) is 0 Å². The monoisotopic (exact) mass is 575 g/mol. The summed E-state index contributed by atoms with van der Waals surface area (Å²) in [6.45, 7) is 3.09. The van der Waals surface area contributed by atoms with Gasteiger partial charge in [-0.3, -0.25) is 0 Å². The maximum atomic E-state index is 14.1. The van der Waals surface area contributed by atoms with Crippen LogP contribution in [0.1, 0.15) is 45.1 Å². The Hall–Kier alpha value is -3.20. The second-order valence-electron chi connectivity index (χ2n) is 10.6. The van der Waals surface area contributed by atoms with Crippen molar-refractivity contribution in [2.45, 2.75) is 56.6 Å². The van der Waals surface area contributed by atoms with Gasteiger partial charge >= 0.3 is 6.03 Å². The van der Waals surface area contributed by atoms with E-state index in [1.165, 1.54) is 22.3 Å². The van der Waals surface area contributed by atoms with E-state index in [1.54, 1.807) is 26.0 Å². The van der Waals surface area contributed by atoms with E-state index >= 15 is 0 Å². The zero-order chi connectivity index (χ0) is 29.0. The highest BCUT2D eigenvalue weighted by Gasteiger charge is 2.38. The molecule has 1 aliphatic heterocycles. The van der Waals surface area contributed by atoms with E-state index in [0.717, 1.165) is 43.9 Å². The molecule has 40 heavy (non-hydrogen) atoms. The molecule has 0 spiro atoms. The van der Waals surface area contributed by atoms with Gasteiger partial charge in [0.25, 0.3) is 0 Å². The van der Waals surface area contributed by atoms with Gasteiger partial charge in [-0.2, -0.15) is 4.31 Å². The van der Waals surface area contributed by atoms with Crippen LogP contribution in [0.15, 0.2) is 41.3 Å². The molecular formula is C29H35F2N3O5S. The lowest BCUT2D eigenvalue weighted by atomic mass is 10.0. The summed E-state index contributed by atoms with van der Waals surface area (Å²) >= 11 is 0. The van der Waals surface area contributed by atoms with Crippen molar-refractivity contribution in [3.63, 3.8) is 0 Å². The van der Waals surface area contributed by atoms with Gasteiger partial charge in [0.2, 0.25) is 10.0 Å². The molecule has 1 saturated carbocycles. The minimum absolute atomic E-state index is 0.0166. The molecule has 11 heteroatoms. The fourth-order valence-electron chi connectivity index (χ4n) is 4.93. The number of nitrogens with zero attached hydrogens (tertiary/aromatic N) is 2. The van der Waals surface area contributed by atoms with Gasteiger partial charge in [0.1, 0.15) is 28.4 Å². The van der Waals surface area contributed by atoms with Crippen LogP contribution in [0.5, 0.6) is 5.75 Å². The number of urea groups is 1. The first-order valence-corrected chi connectivity index (χ1v) is 14.9. The van der Waals surface area contributed by atoms with Crippen molar-refractivity contribution in [1.82, 2.24) is 9.21 Å². The van der Waals surface area contributed by atoms with Gasteiger partial charge in [-0.1, -0.05) is 31.6 Å². The molecule has 0 aromatic heterocycles. The number of benzene rings is 2. The van der Waals surface area contributed by atoms with Gasteiger partial charge in [-0.05, 0) is 50.1 Å². The van der Waals surface area contributed by atoms with E-state index in [9.17, 15) is 27.1 Å². The minimum Gasteiger partial charge on any atom is -0.487 e. The summed E-state index contributed by atoms with van der Waals surface area (Å²) in [4.78, 5) is 14.1. The standard InChI is InChI=1S/C29H35F2N3O5S/c1-19-16-34(20(2)18-35)40(37,38)28-13-10-22(9-8-21-6-4-5-7-21)14-26(28)39-27(19)17-33(3)29(36)32-25-15-23(30)11-12-24(25)31/h10-15,19-21,27,35H,4-7,16-18H2,1-3H3,(H,32,36)/t19-,20-,27+/m1/s1. The van der Waals surface area contributed by atoms with Crippen molar-refractivity contribution in [3.8, 4) is 17.6 Å². The van der Waals surface area contributed by atoms with Crippen LogP contribution in [0.3, 0.4) is 0 Å². The Kier molecular flexibility index (Phi) is 9.33. The van der Waals surface area contributed by atoms with Crippen LogP contribution < -0.4 is 10.1 Å². The predicted molar refractivity (Wildman–Crippen MR) is 147 cm³/mol. The van der Waals surface area contributed by atoms with Gasteiger partial charge in [0, 0.05) is 43.1 Å². The van der Waals surface area contributed by atoms with Crippen LogP contribution in [0.25, 0.3) is 0 Å². The van der Waals surface area contributed by atoms with Crippen molar-refractivity contribution in [1.29, 1.82) is 0 Å². The number of anilines is 1. The molecule has 0 saturated heterocycles. The molecule has 1 fully saturated rings. The maximum absolute atomic E-state index is 14.1. The average molecular weight is 576 g/mol. The molecule has 2 amide bonds.